The molecule has 2 saturated heterocycles. The summed E-state index contributed by atoms with van der Waals surface area (Å²) in [6, 6.07) is -0.704. The van der Waals surface area contributed by atoms with Gasteiger partial charge in [0.15, 0.2) is 0 Å². The second-order valence-corrected chi connectivity index (χ2v) is 8.16. The lowest BCUT2D eigenvalue weighted by atomic mass is 9.88. The van der Waals surface area contributed by atoms with E-state index in [1.54, 1.807) is 6.08 Å². The first-order chi connectivity index (χ1) is 13.4. The van der Waals surface area contributed by atoms with Crippen molar-refractivity contribution >= 4 is 35.6 Å². The van der Waals surface area contributed by atoms with Crippen LogP contribution in [0.5, 0.6) is 0 Å². The number of carboxylic acids is 1. The van der Waals surface area contributed by atoms with Crippen molar-refractivity contribution in [3.63, 3.8) is 0 Å². The molecule has 28 heavy (non-hydrogen) atoms. The second-order valence-electron chi connectivity index (χ2n) is 6.81. The summed E-state index contributed by atoms with van der Waals surface area (Å²) in [4.78, 5) is 46.4. The van der Waals surface area contributed by atoms with Gasteiger partial charge in [0.2, 0.25) is 5.91 Å². The summed E-state index contributed by atoms with van der Waals surface area (Å²) in [6.07, 6.45) is 5.90. The van der Waals surface area contributed by atoms with E-state index in [1.807, 2.05) is 5.43 Å². The lowest BCUT2D eigenvalue weighted by Crippen LogP contribution is -2.56. The van der Waals surface area contributed by atoms with E-state index in [-0.39, 0.29) is 36.3 Å². The molecule has 0 aromatic carbocycles. The van der Waals surface area contributed by atoms with Crippen LogP contribution < -0.4 is 27.2 Å². The van der Waals surface area contributed by atoms with Gasteiger partial charge < -0.3 is 21.1 Å². The molecule has 3 atom stereocenters. The summed E-state index contributed by atoms with van der Waals surface area (Å²) in [5.41, 5.74) is 2.00. The van der Waals surface area contributed by atoms with Gasteiger partial charge in [-0.1, -0.05) is 12.5 Å². The second kappa shape index (κ2) is 10.3. The molecule has 10 nitrogen and oxygen atoms in total. The third-order valence-electron chi connectivity index (χ3n) is 4.85. The molecule has 7 N–H and O–H groups in total. The minimum Gasteiger partial charge on any atom is -0.481 e. The molecule has 2 aliphatic heterocycles. The van der Waals surface area contributed by atoms with Gasteiger partial charge in [-0.15, -0.1) is 11.8 Å². The first-order valence-corrected chi connectivity index (χ1v) is 10.3. The zero-order valence-corrected chi connectivity index (χ0v) is 16.3. The number of aliphatic carboxylic acids is 1. The van der Waals surface area contributed by atoms with Gasteiger partial charge in [0.25, 0.3) is 5.91 Å². The molecule has 0 aromatic rings. The van der Waals surface area contributed by atoms with E-state index >= 15 is 0 Å². The highest BCUT2D eigenvalue weighted by Gasteiger charge is 2.57. The summed E-state index contributed by atoms with van der Waals surface area (Å²) in [5.74, 6) is 4.22. The van der Waals surface area contributed by atoms with Crippen LogP contribution in [0.25, 0.3) is 0 Å². The minimum absolute atomic E-state index is 0.0593. The number of carbonyl (C=O) groups excluding carboxylic acids is 3. The van der Waals surface area contributed by atoms with Gasteiger partial charge in [0, 0.05) is 24.8 Å². The first kappa shape index (κ1) is 22.0. The number of thioether (sulfide) groups is 1. The topological polar surface area (TPSA) is 163 Å². The Labute approximate surface area is 167 Å². The fraction of sp³-hybridized carbons (Fsp3) is 0.647. The number of allylic oxidation sites excluding steroid dienone is 1. The van der Waals surface area contributed by atoms with Crippen LogP contribution in [0.3, 0.4) is 0 Å². The highest BCUT2D eigenvalue weighted by atomic mass is 32.2. The number of urea groups is 1. The molecule has 0 bridgehead atoms. The smallest absolute Gasteiger partial charge is 0.315 e. The first-order valence-electron chi connectivity index (χ1n) is 9.27. The Morgan fingerprint density at radius 3 is 2.79 bits per heavy atom. The van der Waals surface area contributed by atoms with Crippen LogP contribution in [0.15, 0.2) is 12.2 Å². The number of hydrogen-bond donors (Lipinski definition) is 6. The number of fused-ring (bicyclic) bond motifs is 1. The predicted octanol–water partition coefficient (Wildman–Crippen LogP) is -0.390. The van der Waals surface area contributed by atoms with E-state index in [1.165, 1.54) is 17.8 Å². The van der Waals surface area contributed by atoms with Crippen LogP contribution >= 0.6 is 11.8 Å². The van der Waals surface area contributed by atoms with E-state index in [9.17, 15) is 19.2 Å². The Bertz CT molecular complexity index is 643. The van der Waals surface area contributed by atoms with E-state index in [4.69, 9.17) is 10.9 Å². The van der Waals surface area contributed by atoms with Gasteiger partial charge in [-0.05, 0) is 25.7 Å². The average Bonchev–Trinajstić information content (AvgIpc) is 3.19. The number of hydrazine groups is 1. The molecule has 0 saturated carbocycles. The standard InChI is InChI=1S/C17H27N5O5S/c18-22-12(23)6-2-1-5-9-19-15(26)17(8-4-3-7-13(24)25)14-11(10-28-17)20-16(27)21-14/h2,6,11,14H,1,3-5,7-10,18H2,(H,19,26)(H,22,23)(H,24,25)(H2,20,21,27)/t11-,14-,17-/m0/s1. The molecule has 0 unspecified atom stereocenters. The molecule has 2 rings (SSSR count). The lowest BCUT2D eigenvalue weighted by molar-refractivity contribution is -0.137. The molecule has 0 radical (unpaired) electrons. The zero-order chi connectivity index (χ0) is 20.6. The number of hydrogen-bond acceptors (Lipinski definition) is 6. The fourth-order valence-electron chi connectivity index (χ4n) is 3.46. The van der Waals surface area contributed by atoms with Crippen molar-refractivity contribution in [2.24, 2.45) is 5.84 Å². The Balaban J connectivity index is 1.90. The maximum Gasteiger partial charge on any atom is 0.315 e. The van der Waals surface area contributed by atoms with Gasteiger partial charge in [0.05, 0.1) is 12.1 Å². The molecule has 4 amide bonds. The average molecular weight is 414 g/mol. The lowest BCUT2D eigenvalue weighted by Gasteiger charge is -2.32. The summed E-state index contributed by atoms with van der Waals surface area (Å²) in [6.45, 7) is 0.434. The van der Waals surface area contributed by atoms with E-state index in [2.05, 4.69) is 16.0 Å². The molecule has 0 aliphatic carbocycles. The van der Waals surface area contributed by atoms with E-state index < -0.39 is 10.7 Å². The number of nitrogens with one attached hydrogen (secondary N) is 4. The van der Waals surface area contributed by atoms with Gasteiger partial charge in [-0.3, -0.25) is 19.8 Å². The number of unbranched alkanes of at least 4 members (excludes halogenated alkanes) is 2. The Hall–Kier alpha value is -2.27. The van der Waals surface area contributed by atoms with Crippen LogP contribution in [0.2, 0.25) is 0 Å². The van der Waals surface area contributed by atoms with Crippen molar-refractivity contribution in [1.29, 1.82) is 0 Å². The molecule has 11 heteroatoms. The maximum atomic E-state index is 13.0. The van der Waals surface area contributed by atoms with Crippen LogP contribution in [0.4, 0.5) is 4.79 Å². The quantitative estimate of drug-likeness (QED) is 0.0671. The molecule has 0 aromatic heterocycles. The third kappa shape index (κ3) is 5.61. The molecule has 2 heterocycles. The molecule has 0 spiro atoms. The normalized spacial score (nSPS) is 25.8. The highest BCUT2D eigenvalue weighted by molar-refractivity contribution is 8.01. The number of carbonyl (C=O) groups is 4. The van der Waals surface area contributed by atoms with E-state index in [0.29, 0.717) is 44.4 Å². The molecule has 2 fully saturated rings. The van der Waals surface area contributed by atoms with Crippen LogP contribution in [-0.2, 0) is 14.4 Å². The maximum absolute atomic E-state index is 13.0. The number of rotatable bonds is 11. The van der Waals surface area contributed by atoms with Gasteiger partial charge in [-0.2, -0.15) is 0 Å². The number of amides is 4. The highest BCUT2D eigenvalue weighted by Crippen LogP contribution is 2.44. The monoisotopic (exact) mass is 413 g/mol. The van der Waals surface area contributed by atoms with Crippen molar-refractivity contribution < 1.29 is 24.3 Å². The Morgan fingerprint density at radius 1 is 1.29 bits per heavy atom. The summed E-state index contributed by atoms with van der Waals surface area (Å²) < 4.78 is -0.808. The summed E-state index contributed by atoms with van der Waals surface area (Å²) in [7, 11) is 0. The largest absolute Gasteiger partial charge is 0.481 e. The summed E-state index contributed by atoms with van der Waals surface area (Å²) in [5, 5.41) is 17.4. The van der Waals surface area contributed by atoms with Crippen molar-refractivity contribution in [3.05, 3.63) is 12.2 Å². The molecular weight excluding hydrogens is 386 g/mol. The van der Waals surface area contributed by atoms with Crippen molar-refractivity contribution in [2.75, 3.05) is 12.3 Å². The molecule has 2 aliphatic rings. The predicted molar refractivity (Wildman–Crippen MR) is 104 cm³/mol. The van der Waals surface area contributed by atoms with Crippen molar-refractivity contribution in [2.45, 2.75) is 55.4 Å². The number of nitrogens with two attached hydrogens (primary N) is 1. The van der Waals surface area contributed by atoms with Crippen molar-refractivity contribution in [1.82, 2.24) is 21.4 Å². The van der Waals surface area contributed by atoms with Gasteiger partial charge in [-0.25, -0.2) is 10.6 Å². The SMILES string of the molecule is NNC(=O)C=CCCCNC(=O)[C@@]1(CCCCC(=O)O)SC[C@@H]2NC(=O)N[C@@H]21. The summed E-state index contributed by atoms with van der Waals surface area (Å²) >= 11 is 1.51. The number of carboxylic acid groups (broad SMARTS) is 1. The van der Waals surface area contributed by atoms with Gasteiger partial charge >= 0.3 is 12.0 Å². The van der Waals surface area contributed by atoms with Crippen LogP contribution in [-0.4, -0.2) is 58.0 Å². The van der Waals surface area contributed by atoms with E-state index in [0.717, 1.165) is 0 Å². The van der Waals surface area contributed by atoms with Gasteiger partial charge in [0.1, 0.15) is 4.75 Å². The minimum atomic E-state index is -0.859. The third-order valence-corrected chi connectivity index (χ3v) is 6.53. The molecular formula is C17H27N5O5S. The van der Waals surface area contributed by atoms with Crippen LogP contribution in [0, 0.1) is 0 Å². The van der Waals surface area contributed by atoms with Crippen molar-refractivity contribution in [3.8, 4) is 0 Å². The molecule has 156 valence electrons. The Morgan fingerprint density at radius 2 is 2.07 bits per heavy atom. The Kier molecular flexibility index (Phi) is 8.12. The fourth-order valence-corrected chi connectivity index (χ4v) is 5.11. The zero-order valence-electron chi connectivity index (χ0n) is 15.5. The van der Waals surface area contributed by atoms with Crippen LogP contribution in [0.1, 0.15) is 38.5 Å².